The maximum atomic E-state index is 5.90. The highest BCUT2D eigenvalue weighted by Gasteiger charge is 2.00. The van der Waals surface area contributed by atoms with Gasteiger partial charge in [0.15, 0.2) is 0 Å². The van der Waals surface area contributed by atoms with Crippen LogP contribution in [-0.4, -0.2) is 9.97 Å². The van der Waals surface area contributed by atoms with Crippen LogP contribution in [0.25, 0.3) is 0 Å². The van der Waals surface area contributed by atoms with Gasteiger partial charge in [0.2, 0.25) is 0 Å². The molecule has 0 aliphatic carbocycles. The number of nitrogens with zero attached hydrogens (tertiary/aromatic N) is 2. The Labute approximate surface area is 110 Å². The van der Waals surface area contributed by atoms with Gasteiger partial charge in [-0.15, -0.1) is 0 Å². The predicted molar refractivity (Wildman–Crippen MR) is 70.6 cm³/mol. The van der Waals surface area contributed by atoms with Crippen LogP contribution in [0.2, 0.25) is 10.2 Å². The highest BCUT2D eigenvalue weighted by Crippen LogP contribution is 2.14. The second-order valence-electron chi connectivity index (χ2n) is 3.61. The van der Waals surface area contributed by atoms with E-state index in [0.717, 1.165) is 10.6 Å². The van der Waals surface area contributed by atoms with Crippen molar-refractivity contribution in [1.82, 2.24) is 9.97 Å². The molecule has 1 heterocycles. The van der Waals surface area contributed by atoms with Crippen LogP contribution in [-0.2, 0) is 6.54 Å². The summed E-state index contributed by atoms with van der Waals surface area (Å²) in [6.45, 7) is 2.45. The lowest BCUT2D eigenvalue weighted by Gasteiger charge is -2.06. The first kappa shape index (κ1) is 12.1. The zero-order valence-electron chi connectivity index (χ0n) is 9.24. The molecule has 0 saturated heterocycles. The molecule has 5 heteroatoms. The van der Waals surface area contributed by atoms with Crippen LogP contribution in [0, 0.1) is 6.92 Å². The van der Waals surface area contributed by atoms with Crippen molar-refractivity contribution in [2.24, 2.45) is 0 Å². The molecule has 3 nitrogen and oxygen atoms in total. The first-order chi connectivity index (χ1) is 8.13. The van der Waals surface area contributed by atoms with E-state index in [1.807, 2.05) is 24.3 Å². The average Bonchev–Trinajstić information content (AvgIpc) is 2.25. The van der Waals surface area contributed by atoms with Crippen molar-refractivity contribution in [3.05, 3.63) is 51.9 Å². The SMILES string of the molecule is Cc1nc(Cl)cc(NCc2cccc(Cl)c2)n1. The molecule has 2 rings (SSSR count). The minimum atomic E-state index is 0.436. The number of halogens is 2. The van der Waals surface area contributed by atoms with Crippen LogP contribution < -0.4 is 5.32 Å². The second kappa shape index (κ2) is 5.34. The first-order valence-electron chi connectivity index (χ1n) is 5.13. The molecule has 0 spiro atoms. The molecule has 2 aromatic rings. The first-order valence-corrected chi connectivity index (χ1v) is 5.88. The van der Waals surface area contributed by atoms with Gasteiger partial charge >= 0.3 is 0 Å². The van der Waals surface area contributed by atoms with E-state index in [-0.39, 0.29) is 0 Å². The molecule has 0 aliphatic rings. The minimum absolute atomic E-state index is 0.436. The quantitative estimate of drug-likeness (QED) is 0.862. The molecule has 0 bridgehead atoms. The molecule has 0 aliphatic heterocycles. The van der Waals surface area contributed by atoms with Crippen molar-refractivity contribution >= 4 is 29.0 Å². The van der Waals surface area contributed by atoms with E-state index < -0.39 is 0 Å². The zero-order valence-corrected chi connectivity index (χ0v) is 10.8. The summed E-state index contributed by atoms with van der Waals surface area (Å²) in [4.78, 5) is 8.23. The van der Waals surface area contributed by atoms with E-state index in [2.05, 4.69) is 15.3 Å². The van der Waals surface area contributed by atoms with E-state index in [9.17, 15) is 0 Å². The standard InChI is InChI=1S/C12H11Cl2N3/c1-8-16-11(14)6-12(17-8)15-7-9-3-2-4-10(13)5-9/h2-6H,7H2,1H3,(H,15,16,17). The van der Waals surface area contributed by atoms with E-state index in [1.165, 1.54) is 0 Å². The summed E-state index contributed by atoms with van der Waals surface area (Å²) in [6.07, 6.45) is 0. The summed E-state index contributed by atoms with van der Waals surface area (Å²) in [5.74, 6) is 1.36. The van der Waals surface area contributed by atoms with Gasteiger partial charge < -0.3 is 5.32 Å². The highest BCUT2D eigenvalue weighted by molar-refractivity contribution is 6.30. The van der Waals surface area contributed by atoms with Crippen molar-refractivity contribution in [2.45, 2.75) is 13.5 Å². The van der Waals surface area contributed by atoms with Gasteiger partial charge in [-0.25, -0.2) is 9.97 Å². The molecule has 0 atom stereocenters. The van der Waals surface area contributed by atoms with Gasteiger partial charge in [-0.1, -0.05) is 35.3 Å². The summed E-state index contributed by atoms with van der Waals surface area (Å²) in [5.41, 5.74) is 1.09. The number of aryl methyl sites for hydroxylation is 1. The Hall–Kier alpha value is -1.32. The van der Waals surface area contributed by atoms with Gasteiger partial charge in [-0.2, -0.15) is 0 Å². The van der Waals surface area contributed by atoms with Crippen LogP contribution in [0.1, 0.15) is 11.4 Å². The summed E-state index contributed by atoms with van der Waals surface area (Å²) in [7, 11) is 0. The molecule has 17 heavy (non-hydrogen) atoms. The summed E-state index contributed by atoms with van der Waals surface area (Å²) < 4.78 is 0. The summed E-state index contributed by atoms with van der Waals surface area (Å²) in [5, 5.41) is 4.34. The fourth-order valence-corrected chi connectivity index (χ4v) is 1.90. The Morgan fingerprint density at radius 1 is 1.18 bits per heavy atom. The van der Waals surface area contributed by atoms with E-state index in [4.69, 9.17) is 23.2 Å². The maximum Gasteiger partial charge on any atom is 0.134 e. The Kier molecular flexibility index (Phi) is 3.82. The zero-order chi connectivity index (χ0) is 12.3. The monoisotopic (exact) mass is 267 g/mol. The van der Waals surface area contributed by atoms with Crippen LogP contribution >= 0.6 is 23.2 Å². The highest BCUT2D eigenvalue weighted by atomic mass is 35.5. The van der Waals surface area contributed by atoms with Gasteiger partial charge in [0.05, 0.1) is 0 Å². The Balaban J connectivity index is 2.07. The van der Waals surface area contributed by atoms with Crippen molar-refractivity contribution in [3.8, 4) is 0 Å². The molecule has 0 fully saturated rings. The third-order valence-corrected chi connectivity index (χ3v) is 2.60. The number of nitrogens with one attached hydrogen (secondary N) is 1. The van der Waals surface area contributed by atoms with Crippen molar-refractivity contribution in [1.29, 1.82) is 0 Å². The number of benzene rings is 1. The second-order valence-corrected chi connectivity index (χ2v) is 4.43. The van der Waals surface area contributed by atoms with Crippen molar-refractivity contribution < 1.29 is 0 Å². The fraction of sp³-hybridized carbons (Fsp3) is 0.167. The molecule has 88 valence electrons. The van der Waals surface area contributed by atoms with Crippen LogP contribution in [0.4, 0.5) is 5.82 Å². The van der Waals surface area contributed by atoms with Crippen LogP contribution in [0.3, 0.4) is 0 Å². The van der Waals surface area contributed by atoms with Gasteiger partial charge in [0, 0.05) is 17.6 Å². The summed E-state index contributed by atoms with van der Waals surface area (Å²) in [6, 6.07) is 9.35. The number of rotatable bonds is 3. The largest absolute Gasteiger partial charge is 0.366 e. The molecule has 0 saturated carbocycles. The third-order valence-electron chi connectivity index (χ3n) is 2.17. The lowest BCUT2D eigenvalue weighted by molar-refractivity contribution is 1.02. The Morgan fingerprint density at radius 2 is 2.00 bits per heavy atom. The number of hydrogen-bond acceptors (Lipinski definition) is 3. The molecule has 0 unspecified atom stereocenters. The molecule has 0 radical (unpaired) electrons. The molecule has 0 amide bonds. The van der Waals surface area contributed by atoms with Gasteiger partial charge in [-0.3, -0.25) is 0 Å². The number of hydrogen-bond donors (Lipinski definition) is 1. The van der Waals surface area contributed by atoms with E-state index in [0.29, 0.717) is 23.3 Å². The minimum Gasteiger partial charge on any atom is -0.366 e. The molecule has 1 N–H and O–H groups in total. The third kappa shape index (κ3) is 3.58. The lowest BCUT2D eigenvalue weighted by Crippen LogP contribution is -2.03. The van der Waals surface area contributed by atoms with Gasteiger partial charge in [0.25, 0.3) is 0 Å². The van der Waals surface area contributed by atoms with Crippen LogP contribution in [0.5, 0.6) is 0 Å². The molecular weight excluding hydrogens is 257 g/mol. The molecule has 1 aromatic heterocycles. The van der Waals surface area contributed by atoms with Crippen molar-refractivity contribution in [3.63, 3.8) is 0 Å². The lowest BCUT2D eigenvalue weighted by atomic mass is 10.2. The van der Waals surface area contributed by atoms with Crippen molar-refractivity contribution in [2.75, 3.05) is 5.32 Å². The van der Waals surface area contributed by atoms with Crippen LogP contribution in [0.15, 0.2) is 30.3 Å². The summed E-state index contributed by atoms with van der Waals surface area (Å²) >= 11 is 11.7. The predicted octanol–water partition coefficient (Wildman–Crippen LogP) is 3.70. The normalized spacial score (nSPS) is 10.3. The molecular formula is C12H11Cl2N3. The Bertz CT molecular complexity index is 509. The number of anilines is 1. The van der Waals surface area contributed by atoms with Gasteiger partial charge in [-0.05, 0) is 24.6 Å². The topological polar surface area (TPSA) is 37.8 Å². The Morgan fingerprint density at radius 3 is 2.71 bits per heavy atom. The molecule has 1 aromatic carbocycles. The fourth-order valence-electron chi connectivity index (χ4n) is 1.46. The number of aromatic nitrogens is 2. The van der Waals surface area contributed by atoms with Gasteiger partial charge in [0.1, 0.15) is 16.8 Å². The van der Waals surface area contributed by atoms with E-state index in [1.54, 1.807) is 13.0 Å². The maximum absolute atomic E-state index is 5.90. The smallest absolute Gasteiger partial charge is 0.134 e. The average molecular weight is 268 g/mol. The van der Waals surface area contributed by atoms with E-state index >= 15 is 0 Å².